The number of hydrogen-bond acceptors (Lipinski definition) is 8. The quantitative estimate of drug-likeness (QED) is 0.158. The van der Waals surface area contributed by atoms with Crippen LogP contribution in [0.1, 0.15) is 24.0 Å². The number of sulfone groups is 1. The Kier molecular flexibility index (Phi) is 11.0. The van der Waals surface area contributed by atoms with Crippen molar-refractivity contribution in [3.8, 4) is 16.9 Å². The van der Waals surface area contributed by atoms with Crippen LogP contribution < -0.4 is 20.3 Å². The molecule has 0 aliphatic carbocycles. The molecule has 5 rings (SSSR count). The number of hydrogen-bond donors (Lipinski definition) is 3. The summed E-state index contributed by atoms with van der Waals surface area (Å²) in [7, 11) is -0.573. The van der Waals surface area contributed by atoms with Gasteiger partial charge in [-0.3, -0.25) is 4.79 Å². The molecular formula is C33H34ClFN6O6S. The molecule has 3 aromatic carbocycles. The third-order valence-electron chi connectivity index (χ3n) is 7.63. The van der Waals surface area contributed by atoms with Crippen molar-refractivity contribution in [3.05, 3.63) is 95.9 Å². The number of carbonyl (C=O) groups excluding carboxylic acids is 1. The lowest BCUT2D eigenvalue weighted by atomic mass is 10.00. The van der Waals surface area contributed by atoms with Crippen molar-refractivity contribution in [1.29, 1.82) is 0 Å². The molecule has 0 fully saturated rings. The Morgan fingerprint density at radius 3 is 2.29 bits per heavy atom. The van der Waals surface area contributed by atoms with Crippen molar-refractivity contribution < 1.29 is 32.2 Å². The van der Waals surface area contributed by atoms with E-state index in [0.29, 0.717) is 29.0 Å². The molecule has 5 aromatic rings. The molecular weight excluding hydrogens is 663 g/mol. The van der Waals surface area contributed by atoms with Crippen LogP contribution in [0, 0.1) is 5.82 Å². The molecule has 0 aliphatic rings. The number of carbonyl (C=O) groups is 2. The normalized spacial score (nSPS) is 11.9. The second kappa shape index (κ2) is 14.8. The molecule has 12 nitrogen and oxygen atoms in total. The summed E-state index contributed by atoms with van der Waals surface area (Å²) in [6, 6.07) is 19.2. The van der Waals surface area contributed by atoms with Gasteiger partial charge in [-0.05, 0) is 86.6 Å². The molecule has 0 bridgehead atoms. The summed E-state index contributed by atoms with van der Waals surface area (Å²) in [6.45, 7) is 2.17. The fourth-order valence-corrected chi connectivity index (χ4v) is 6.13. The van der Waals surface area contributed by atoms with Gasteiger partial charge in [0.2, 0.25) is 5.91 Å². The first-order chi connectivity index (χ1) is 22.4. The zero-order valence-electron chi connectivity index (χ0n) is 26.5. The number of nitrogens with zero attached hydrogens (tertiary/aromatic N) is 4. The summed E-state index contributed by atoms with van der Waals surface area (Å²) in [6.07, 6.45) is 1.65. The van der Waals surface area contributed by atoms with Crippen LogP contribution in [0.2, 0.25) is 0 Å². The van der Waals surface area contributed by atoms with Crippen LogP contribution in [-0.2, 0) is 21.1 Å². The van der Waals surface area contributed by atoms with Crippen LogP contribution in [0.15, 0.2) is 83.9 Å². The number of amides is 2. The zero-order valence-corrected chi connectivity index (χ0v) is 28.1. The van der Waals surface area contributed by atoms with E-state index in [0.717, 1.165) is 22.3 Å². The lowest BCUT2D eigenvalue weighted by Gasteiger charge is -2.22. The Morgan fingerprint density at radius 2 is 1.69 bits per heavy atom. The minimum atomic E-state index is -3.64. The lowest BCUT2D eigenvalue weighted by molar-refractivity contribution is -0.117. The van der Waals surface area contributed by atoms with Gasteiger partial charge in [0.05, 0.1) is 23.6 Å². The Labute approximate surface area is 282 Å². The number of rotatable bonds is 11. The van der Waals surface area contributed by atoms with E-state index in [4.69, 9.17) is 4.74 Å². The Morgan fingerprint density at radius 1 is 1.02 bits per heavy atom. The van der Waals surface area contributed by atoms with Gasteiger partial charge < -0.3 is 20.5 Å². The average molecular weight is 697 g/mol. The number of pyridine rings is 1. The van der Waals surface area contributed by atoms with Crippen LogP contribution in [0.5, 0.6) is 5.75 Å². The number of fused-ring (bicyclic) bond motifs is 1. The van der Waals surface area contributed by atoms with Crippen LogP contribution in [0.3, 0.4) is 0 Å². The van der Waals surface area contributed by atoms with Crippen molar-refractivity contribution >= 4 is 57.2 Å². The van der Waals surface area contributed by atoms with Crippen LogP contribution >= 0.6 is 12.4 Å². The molecule has 0 radical (unpaired) electrons. The number of anilines is 3. The molecule has 48 heavy (non-hydrogen) atoms. The Balaban J connectivity index is 0.00000520. The number of halogens is 2. The van der Waals surface area contributed by atoms with E-state index in [-0.39, 0.29) is 52.8 Å². The zero-order chi connectivity index (χ0) is 33.9. The van der Waals surface area contributed by atoms with Crippen LogP contribution in [0.4, 0.5) is 26.5 Å². The Bertz CT molecular complexity index is 2060. The predicted molar refractivity (Wildman–Crippen MR) is 183 cm³/mol. The summed E-state index contributed by atoms with van der Waals surface area (Å²) < 4.78 is 45.4. The van der Waals surface area contributed by atoms with Crippen molar-refractivity contribution in [3.63, 3.8) is 0 Å². The molecule has 1 atom stereocenters. The molecule has 2 heterocycles. The highest BCUT2D eigenvalue weighted by molar-refractivity contribution is 7.90. The van der Waals surface area contributed by atoms with Gasteiger partial charge >= 0.3 is 6.09 Å². The summed E-state index contributed by atoms with van der Waals surface area (Å²) in [5.41, 5.74) is 3.61. The maximum Gasteiger partial charge on any atom is 0.419 e. The third kappa shape index (κ3) is 7.56. The van der Waals surface area contributed by atoms with Crippen molar-refractivity contribution in [2.75, 3.05) is 37.2 Å². The third-order valence-corrected chi connectivity index (χ3v) is 8.81. The molecule has 2 amide bonds. The van der Waals surface area contributed by atoms with Crippen molar-refractivity contribution in [2.24, 2.45) is 0 Å². The number of ether oxygens (including phenoxy) is 1. The minimum Gasteiger partial charge on any atom is -0.494 e. The highest BCUT2D eigenvalue weighted by Crippen LogP contribution is 2.39. The number of benzene rings is 3. The fourth-order valence-electron chi connectivity index (χ4n) is 5.17. The molecule has 0 unspecified atom stereocenters. The second-order valence-electron chi connectivity index (χ2n) is 10.8. The van der Waals surface area contributed by atoms with Gasteiger partial charge in [-0.15, -0.1) is 17.5 Å². The number of methoxy groups -OCH3 is 1. The number of aromatic nitrogens is 3. The van der Waals surface area contributed by atoms with E-state index in [1.807, 2.05) is 12.1 Å². The number of likely N-dealkylation sites (N-methyl/N-ethyl adjacent to an activating group) is 1. The monoisotopic (exact) mass is 696 g/mol. The van der Waals surface area contributed by atoms with Crippen LogP contribution in [0.25, 0.3) is 16.8 Å². The predicted octanol–water partition coefficient (Wildman–Crippen LogP) is 5.69. The van der Waals surface area contributed by atoms with E-state index in [1.165, 1.54) is 35.9 Å². The molecule has 0 saturated carbocycles. The van der Waals surface area contributed by atoms with Crippen molar-refractivity contribution in [2.45, 2.75) is 24.2 Å². The van der Waals surface area contributed by atoms with E-state index >= 15 is 0 Å². The topological polar surface area (TPSA) is 155 Å². The molecule has 0 saturated heterocycles. The average Bonchev–Trinajstić information content (AvgIpc) is 3.46. The first-order valence-corrected chi connectivity index (χ1v) is 16.4. The smallest absolute Gasteiger partial charge is 0.419 e. The summed E-state index contributed by atoms with van der Waals surface area (Å²) >= 11 is 0. The summed E-state index contributed by atoms with van der Waals surface area (Å²) in [4.78, 5) is 30.7. The maximum absolute atomic E-state index is 13.3. The lowest BCUT2D eigenvalue weighted by Crippen LogP contribution is -2.26. The molecule has 0 spiro atoms. The highest BCUT2D eigenvalue weighted by Gasteiger charge is 2.29. The fraction of sp³-hybridized carbons (Fsp3) is 0.212. The van der Waals surface area contributed by atoms with E-state index in [2.05, 4.69) is 20.7 Å². The van der Waals surface area contributed by atoms with Gasteiger partial charge in [0.25, 0.3) is 5.95 Å². The summed E-state index contributed by atoms with van der Waals surface area (Å²) in [5.74, 6) is -1.16. The Hall–Kier alpha value is -5.05. The van der Waals surface area contributed by atoms with Gasteiger partial charge in [0.1, 0.15) is 11.6 Å². The summed E-state index contributed by atoms with van der Waals surface area (Å²) in [5, 5.41) is 20.5. The first-order valence-electron chi connectivity index (χ1n) is 14.5. The maximum atomic E-state index is 13.3. The van der Waals surface area contributed by atoms with E-state index in [1.54, 1.807) is 56.6 Å². The van der Waals surface area contributed by atoms with E-state index < -0.39 is 21.8 Å². The van der Waals surface area contributed by atoms with Crippen molar-refractivity contribution in [1.82, 2.24) is 19.9 Å². The van der Waals surface area contributed by atoms with Gasteiger partial charge in [0, 0.05) is 29.3 Å². The highest BCUT2D eigenvalue weighted by atomic mass is 35.5. The molecule has 252 valence electrons. The molecule has 0 aliphatic heterocycles. The second-order valence-corrected chi connectivity index (χ2v) is 12.8. The van der Waals surface area contributed by atoms with Gasteiger partial charge in [-0.25, -0.2) is 27.0 Å². The molecule has 15 heteroatoms. The molecule has 3 N–H and O–H groups in total. The standard InChI is InChI=1S/C33H33FN6O6S.ClH/c1-20(21-5-10-24(34)11-6-21)31(41)36-25-12-7-22(8-13-25)23-9-16-29-37-32(38-39(29)19-23)40(33(42)43)27-14-15-28(47(4,44)45)26(17-18-35-2)30(27)46-3;/h5-16,19-20,35H,17-18H2,1-4H3,(H,36,41)(H,42,43);1H/t20-;/m1./s1. The van der Waals surface area contributed by atoms with Gasteiger partial charge in [0.15, 0.2) is 15.5 Å². The van der Waals surface area contributed by atoms with E-state index in [9.17, 15) is 27.5 Å². The number of nitrogens with one attached hydrogen (secondary N) is 2. The van der Waals surface area contributed by atoms with Crippen LogP contribution in [-0.4, -0.2) is 67.1 Å². The largest absolute Gasteiger partial charge is 0.494 e. The SMILES string of the molecule is CNCCc1c(S(C)(=O)=O)ccc(N(C(=O)O)c2nc3ccc(-c4ccc(NC(=O)[C@H](C)c5ccc(F)cc5)cc4)cn3n2)c1OC.Cl. The van der Waals surface area contributed by atoms with Gasteiger partial charge in [-0.2, -0.15) is 4.98 Å². The molecule has 2 aromatic heterocycles. The first kappa shape index (κ1) is 35.8. The number of carboxylic acid groups (broad SMARTS) is 1. The van der Waals surface area contributed by atoms with Gasteiger partial charge in [-0.1, -0.05) is 24.3 Å². The minimum absolute atomic E-state index is 0.